The van der Waals surface area contributed by atoms with Crippen molar-refractivity contribution in [2.45, 2.75) is 6.92 Å². The summed E-state index contributed by atoms with van der Waals surface area (Å²) in [5.41, 5.74) is 3.67. The topological polar surface area (TPSA) is 24.1 Å². The molecule has 0 aromatic heterocycles. The number of anilines is 1. The Bertz CT molecular complexity index is 303. The molecule has 2 N–H and O–H groups in total. The van der Waals surface area contributed by atoms with E-state index < -0.39 is 0 Å². The van der Waals surface area contributed by atoms with E-state index in [1.54, 1.807) is 0 Å². The Hall–Kier alpha value is -1.44. The minimum Gasteiger partial charge on any atom is -0.394 e. The molecule has 0 atom stereocenters. The first-order chi connectivity index (χ1) is 6.27. The fourth-order valence-electron chi connectivity index (χ4n) is 1.19. The van der Waals surface area contributed by atoms with Crippen molar-refractivity contribution in [1.82, 2.24) is 5.32 Å². The van der Waals surface area contributed by atoms with Crippen LogP contribution < -0.4 is 10.6 Å². The number of benzene rings is 1. The SMILES string of the molecule is CN/C=C\c1ccc(NC)cc1C. The highest BCUT2D eigenvalue weighted by Crippen LogP contribution is 2.15. The summed E-state index contributed by atoms with van der Waals surface area (Å²) >= 11 is 0. The molecule has 0 fully saturated rings. The number of rotatable bonds is 3. The van der Waals surface area contributed by atoms with E-state index in [1.165, 1.54) is 11.1 Å². The molecule has 70 valence electrons. The van der Waals surface area contributed by atoms with E-state index in [1.807, 2.05) is 20.3 Å². The van der Waals surface area contributed by atoms with E-state index in [0.29, 0.717) is 0 Å². The van der Waals surface area contributed by atoms with Crippen molar-refractivity contribution in [3.05, 3.63) is 35.5 Å². The number of nitrogens with one attached hydrogen (secondary N) is 2. The quantitative estimate of drug-likeness (QED) is 0.738. The van der Waals surface area contributed by atoms with Crippen LogP contribution in [0.15, 0.2) is 24.4 Å². The van der Waals surface area contributed by atoms with Crippen LogP contribution in [0.2, 0.25) is 0 Å². The van der Waals surface area contributed by atoms with E-state index in [-0.39, 0.29) is 0 Å². The van der Waals surface area contributed by atoms with Crippen LogP contribution in [0.4, 0.5) is 5.69 Å². The second kappa shape index (κ2) is 4.55. The van der Waals surface area contributed by atoms with Gasteiger partial charge >= 0.3 is 0 Å². The third-order valence-corrected chi connectivity index (χ3v) is 1.99. The van der Waals surface area contributed by atoms with Crippen molar-refractivity contribution in [3.63, 3.8) is 0 Å². The maximum absolute atomic E-state index is 3.11. The molecule has 0 heterocycles. The lowest BCUT2D eigenvalue weighted by Gasteiger charge is -2.04. The van der Waals surface area contributed by atoms with Gasteiger partial charge in [0.05, 0.1) is 0 Å². The Morgan fingerprint density at radius 1 is 1.23 bits per heavy atom. The van der Waals surface area contributed by atoms with Crippen LogP contribution in [-0.2, 0) is 0 Å². The normalized spacial score (nSPS) is 10.4. The van der Waals surface area contributed by atoms with Gasteiger partial charge in [0.25, 0.3) is 0 Å². The lowest BCUT2D eigenvalue weighted by molar-refractivity contribution is 1.11. The van der Waals surface area contributed by atoms with Crippen LogP contribution in [-0.4, -0.2) is 14.1 Å². The molecule has 13 heavy (non-hydrogen) atoms. The smallest absolute Gasteiger partial charge is 0.0340 e. The van der Waals surface area contributed by atoms with Crippen molar-refractivity contribution in [1.29, 1.82) is 0 Å². The fraction of sp³-hybridized carbons (Fsp3) is 0.273. The van der Waals surface area contributed by atoms with Crippen LogP contribution in [0.5, 0.6) is 0 Å². The van der Waals surface area contributed by atoms with E-state index in [4.69, 9.17) is 0 Å². The third kappa shape index (κ3) is 2.51. The van der Waals surface area contributed by atoms with Gasteiger partial charge < -0.3 is 10.6 Å². The van der Waals surface area contributed by atoms with E-state index in [9.17, 15) is 0 Å². The Labute approximate surface area is 79.7 Å². The maximum Gasteiger partial charge on any atom is 0.0340 e. The second-order valence-corrected chi connectivity index (χ2v) is 2.94. The van der Waals surface area contributed by atoms with Gasteiger partial charge in [0.1, 0.15) is 0 Å². The molecule has 2 heteroatoms. The first-order valence-corrected chi connectivity index (χ1v) is 4.40. The predicted molar refractivity (Wildman–Crippen MR) is 58.8 cm³/mol. The van der Waals surface area contributed by atoms with Gasteiger partial charge in [-0.05, 0) is 42.5 Å². The van der Waals surface area contributed by atoms with Crippen LogP contribution in [0.25, 0.3) is 6.08 Å². The van der Waals surface area contributed by atoms with Crippen LogP contribution in [0, 0.1) is 6.92 Å². The first kappa shape index (κ1) is 9.65. The Morgan fingerprint density at radius 3 is 2.54 bits per heavy atom. The van der Waals surface area contributed by atoms with Crippen molar-refractivity contribution < 1.29 is 0 Å². The van der Waals surface area contributed by atoms with E-state index in [0.717, 1.165) is 5.69 Å². The largest absolute Gasteiger partial charge is 0.394 e. The van der Waals surface area contributed by atoms with Gasteiger partial charge in [-0.3, -0.25) is 0 Å². The van der Waals surface area contributed by atoms with Crippen molar-refractivity contribution >= 4 is 11.8 Å². The van der Waals surface area contributed by atoms with Crippen LogP contribution in [0.1, 0.15) is 11.1 Å². The molecule has 2 nitrogen and oxygen atoms in total. The molecule has 0 unspecified atom stereocenters. The molecule has 0 aliphatic heterocycles. The van der Waals surface area contributed by atoms with Crippen molar-refractivity contribution in [3.8, 4) is 0 Å². The van der Waals surface area contributed by atoms with Gasteiger partial charge in [-0.15, -0.1) is 0 Å². The molecular formula is C11H16N2. The molecule has 1 aromatic rings. The van der Waals surface area contributed by atoms with Crippen molar-refractivity contribution in [2.75, 3.05) is 19.4 Å². The Balaban J connectivity index is 2.91. The third-order valence-electron chi connectivity index (χ3n) is 1.99. The number of hydrogen-bond donors (Lipinski definition) is 2. The number of aryl methyl sites for hydroxylation is 1. The van der Waals surface area contributed by atoms with Gasteiger partial charge in [-0.1, -0.05) is 6.07 Å². The lowest BCUT2D eigenvalue weighted by atomic mass is 10.1. The highest BCUT2D eigenvalue weighted by Gasteiger charge is 1.94. The monoisotopic (exact) mass is 176 g/mol. The summed E-state index contributed by atoms with van der Waals surface area (Å²) in [6, 6.07) is 6.31. The fourth-order valence-corrected chi connectivity index (χ4v) is 1.19. The molecule has 0 bridgehead atoms. The van der Waals surface area contributed by atoms with Crippen molar-refractivity contribution in [2.24, 2.45) is 0 Å². The summed E-state index contributed by atoms with van der Waals surface area (Å²) in [6.45, 7) is 2.11. The van der Waals surface area contributed by atoms with Crippen LogP contribution >= 0.6 is 0 Å². The molecule has 0 saturated heterocycles. The van der Waals surface area contributed by atoms with Gasteiger partial charge in [0.2, 0.25) is 0 Å². The highest BCUT2D eigenvalue weighted by molar-refractivity contribution is 5.58. The zero-order valence-corrected chi connectivity index (χ0v) is 8.39. The molecule has 1 aromatic carbocycles. The molecule has 0 amide bonds. The Morgan fingerprint density at radius 2 is 2.00 bits per heavy atom. The van der Waals surface area contributed by atoms with Gasteiger partial charge in [0.15, 0.2) is 0 Å². The highest BCUT2D eigenvalue weighted by atomic mass is 14.8. The molecule has 0 aliphatic rings. The first-order valence-electron chi connectivity index (χ1n) is 4.40. The maximum atomic E-state index is 3.11. The minimum absolute atomic E-state index is 1.15. The summed E-state index contributed by atoms with van der Waals surface area (Å²) in [7, 11) is 3.83. The average molecular weight is 176 g/mol. The van der Waals surface area contributed by atoms with Gasteiger partial charge in [-0.25, -0.2) is 0 Å². The minimum atomic E-state index is 1.15. The zero-order valence-electron chi connectivity index (χ0n) is 8.39. The van der Waals surface area contributed by atoms with E-state index >= 15 is 0 Å². The molecule has 0 saturated carbocycles. The molecule has 0 spiro atoms. The van der Waals surface area contributed by atoms with E-state index in [2.05, 4.69) is 41.8 Å². The molecule has 0 aliphatic carbocycles. The molecule has 1 rings (SSSR count). The average Bonchev–Trinajstić information content (AvgIpc) is 2.16. The Kier molecular flexibility index (Phi) is 3.38. The van der Waals surface area contributed by atoms with Gasteiger partial charge in [-0.2, -0.15) is 0 Å². The molecular weight excluding hydrogens is 160 g/mol. The van der Waals surface area contributed by atoms with Gasteiger partial charge in [0, 0.05) is 19.8 Å². The number of hydrogen-bond acceptors (Lipinski definition) is 2. The second-order valence-electron chi connectivity index (χ2n) is 2.94. The summed E-state index contributed by atoms with van der Waals surface area (Å²) < 4.78 is 0. The van der Waals surface area contributed by atoms with Crippen LogP contribution in [0.3, 0.4) is 0 Å². The summed E-state index contributed by atoms with van der Waals surface area (Å²) in [4.78, 5) is 0. The lowest BCUT2D eigenvalue weighted by Crippen LogP contribution is -1.93. The summed E-state index contributed by atoms with van der Waals surface area (Å²) in [5, 5.41) is 6.09. The zero-order chi connectivity index (χ0) is 9.68. The summed E-state index contributed by atoms with van der Waals surface area (Å²) in [5.74, 6) is 0. The summed E-state index contributed by atoms with van der Waals surface area (Å²) in [6.07, 6.45) is 4.00. The molecule has 0 radical (unpaired) electrons. The standard InChI is InChI=1S/C11H16N2/c1-9-8-11(13-3)5-4-10(9)6-7-12-2/h4-8,12-13H,1-3H3/b7-6-. The predicted octanol–water partition coefficient (Wildman–Crippen LogP) is 2.23.